The number of aryl methyl sites for hydroxylation is 2. The van der Waals surface area contributed by atoms with Crippen LogP contribution in [0, 0.1) is 5.92 Å². The van der Waals surface area contributed by atoms with Gasteiger partial charge in [-0.15, -0.1) is 0 Å². The van der Waals surface area contributed by atoms with Crippen LogP contribution in [0.5, 0.6) is 0 Å². The number of Topliss-reactive ketones (excluding diaryl/α,β-unsaturated/α-hetero) is 1. The van der Waals surface area contributed by atoms with Gasteiger partial charge in [0.25, 0.3) is 0 Å². The highest BCUT2D eigenvalue weighted by Gasteiger charge is 2.28. The summed E-state index contributed by atoms with van der Waals surface area (Å²) in [5.74, 6) is 0.812. The summed E-state index contributed by atoms with van der Waals surface area (Å²) in [6.45, 7) is 4.97. The standard InChI is InChI=1S/C14H21ClN2O/c1-3-11-14(15)12(17(4-2)16-11)6-5-7-13(18)10-8-9-10/h10H,3-9H2,1-2H3. The third kappa shape index (κ3) is 2.94. The van der Waals surface area contributed by atoms with E-state index >= 15 is 0 Å². The fraction of sp³-hybridized carbons (Fsp3) is 0.714. The van der Waals surface area contributed by atoms with Crippen LogP contribution in [0.4, 0.5) is 0 Å². The van der Waals surface area contributed by atoms with Crippen LogP contribution < -0.4 is 0 Å². The fourth-order valence-corrected chi connectivity index (χ4v) is 2.66. The first-order chi connectivity index (χ1) is 8.67. The monoisotopic (exact) mass is 268 g/mol. The number of carbonyl (C=O) groups excluding carboxylic acids is 1. The minimum absolute atomic E-state index is 0.378. The lowest BCUT2D eigenvalue weighted by Crippen LogP contribution is -2.05. The van der Waals surface area contributed by atoms with Gasteiger partial charge in [-0.3, -0.25) is 9.48 Å². The summed E-state index contributed by atoms with van der Waals surface area (Å²) in [5.41, 5.74) is 2.07. The molecule has 100 valence electrons. The Balaban J connectivity index is 1.94. The van der Waals surface area contributed by atoms with Crippen LogP contribution in [-0.2, 0) is 24.2 Å². The van der Waals surface area contributed by atoms with Gasteiger partial charge < -0.3 is 0 Å². The van der Waals surface area contributed by atoms with Crippen LogP contribution in [0.25, 0.3) is 0 Å². The zero-order valence-electron chi connectivity index (χ0n) is 11.2. The van der Waals surface area contributed by atoms with Gasteiger partial charge in [0, 0.05) is 18.9 Å². The highest BCUT2D eigenvalue weighted by Crippen LogP contribution is 2.31. The van der Waals surface area contributed by atoms with Crippen molar-refractivity contribution in [1.29, 1.82) is 0 Å². The topological polar surface area (TPSA) is 34.9 Å². The molecule has 1 aliphatic carbocycles. The Morgan fingerprint density at radius 3 is 2.72 bits per heavy atom. The summed E-state index contributed by atoms with van der Waals surface area (Å²) in [6.07, 6.45) is 5.51. The van der Waals surface area contributed by atoms with Crippen molar-refractivity contribution in [2.24, 2.45) is 5.92 Å². The molecule has 1 saturated carbocycles. The normalized spacial score (nSPS) is 15.1. The predicted molar refractivity (Wildman–Crippen MR) is 73.0 cm³/mol. The van der Waals surface area contributed by atoms with Crippen molar-refractivity contribution in [1.82, 2.24) is 9.78 Å². The zero-order chi connectivity index (χ0) is 13.1. The molecule has 0 saturated heterocycles. The number of halogens is 1. The van der Waals surface area contributed by atoms with Crippen LogP contribution in [0.1, 0.15) is 50.9 Å². The Labute approximate surface area is 114 Å². The minimum atomic E-state index is 0.378. The molecule has 0 atom stereocenters. The van der Waals surface area contributed by atoms with E-state index in [0.29, 0.717) is 18.1 Å². The molecule has 0 bridgehead atoms. The van der Waals surface area contributed by atoms with Crippen LogP contribution in [0.3, 0.4) is 0 Å². The van der Waals surface area contributed by atoms with E-state index in [9.17, 15) is 4.79 Å². The number of aromatic nitrogens is 2. The Hall–Kier alpha value is -0.830. The molecule has 3 nitrogen and oxygen atoms in total. The molecule has 0 aromatic carbocycles. The molecule has 18 heavy (non-hydrogen) atoms. The first kappa shape index (κ1) is 13.6. The number of carbonyl (C=O) groups is 1. The molecule has 1 aromatic heterocycles. The third-order valence-electron chi connectivity index (χ3n) is 3.56. The lowest BCUT2D eigenvalue weighted by atomic mass is 10.1. The maximum Gasteiger partial charge on any atom is 0.135 e. The largest absolute Gasteiger partial charge is 0.299 e. The number of hydrogen-bond donors (Lipinski definition) is 0. The highest BCUT2D eigenvalue weighted by atomic mass is 35.5. The summed E-state index contributed by atoms with van der Waals surface area (Å²) in [7, 11) is 0. The second kappa shape index (κ2) is 5.87. The van der Waals surface area contributed by atoms with Crippen molar-refractivity contribution >= 4 is 17.4 Å². The van der Waals surface area contributed by atoms with Crippen LogP contribution in [-0.4, -0.2) is 15.6 Å². The molecule has 0 amide bonds. The van der Waals surface area contributed by atoms with Gasteiger partial charge in [0.2, 0.25) is 0 Å². The smallest absolute Gasteiger partial charge is 0.135 e. The first-order valence-corrected chi connectivity index (χ1v) is 7.31. The van der Waals surface area contributed by atoms with Gasteiger partial charge in [-0.25, -0.2) is 0 Å². The van der Waals surface area contributed by atoms with Crippen molar-refractivity contribution < 1.29 is 4.79 Å². The van der Waals surface area contributed by atoms with Crippen molar-refractivity contribution in [3.63, 3.8) is 0 Å². The lowest BCUT2D eigenvalue weighted by Gasteiger charge is -2.04. The van der Waals surface area contributed by atoms with Crippen molar-refractivity contribution in [2.45, 2.75) is 58.9 Å². The predicted octanol–water partition coefficient (Wildman–Crippen LogP) is 3.42. The van der Waals surface area contributed by atoms with Crippen molar-refractivity contribution in [3.8, 4) is 0 Å². The maximum atomic E-state index is 11.6. The van der Waals surface area contributed by atoms with Crippen molar-refractivity contribution in [3.05, 3.63) is 16.4 Å². The highest BCUT2D eigenvalue weighted by molar-refractivity contribution is 6.31. The summed E-state index contributed by atoms with van der Waals surface area (Å²) in [4.78, 5) is 11.6. The number of ketones is 1. The first-order valence-electron chi connectivity index (χ1n) is 6.94. The molecular formula is C14H21ClN2O. The average Bonchev–Trinajstić information content (AvgIpc) is 3.17. The number of rotatable bonds is 7. The molecule has 1 fully saturated rings. The summed E-state index contributed by atoms with van der Waals surface area (Å²) < 4.78 is 1.97. The number of hydrogen-bond acceptors (Lipinski definition) is 2. The zero-order valence-corrected chi connectivity index (χ0v) is 12.0. The van der Waals surface area contributed by atoms with E-state index < -0.39 is 0 Å². The van der Waals surface area contributed by atoms with E-state index in [2.05, 4.69) is 18.9 Å². The van der Waals surface area contributed by atoms with Gasteiger partial charge in [-0.2, -0.15) is 5.10 Å². The third-order valence-corrected chi connectivity index (χ3v) is 4.00. The molecule has 1 aliphatic rings. The molecular weight excluding hydrogens is 248 g/mol. The average molecular weight is 269 g/mol. The van der Waals surface area contributed by atoms with Crippen molar-refractivity contribution in [2.75, 3.05) is 0 Å². The number of nitrogens with zero attached hydrogens (tertiary/aromatic N) is 2. The molecule has 4 heteroatoms. The molecule has 1 heterocycles. The van der Waals surface area contributed by atoms with Gasteiger partial charge in [0.1, 0.15) is 5.78 Å². The van der Waals surface area contributed by atoms with Gasteiger partial charge in [-0.05, 0) is 39.0 Å². The molecule has 0 N–H and O–H groups in total. The lowest BCUT2D eigenvalue weighted by molar-refractivity contribution is -0.120. The molecule has 0 unspecified atom stereocenters. The van der Waals surface area contributed by atoms with E-state index in [1.54, 1.807) is 0 Å². The Bertz CT molecular complexity index is 435. The summed E-state index contributed by atoms with van der Waals surface area (Å²) in [6, 6.07) is 0. The molecule has 0 radical (unpaired) electrons. The second-order valence-electron chi connectivity index (χ2n) is 4.97. The Morgan fingerprint density at radius 1 is 1.44 bits per heavy atom. The van der Waals surface area contributed by atoms with E-state index in [-0.39, 0.29) is 0 Å². The Morgan fingerprint density at radius 2 is 2.17 bits per heavy atom. The van der Waals surface area contributed by atoms with Gasteiger partial charge >= 0.3 is 0 Å². The van der Waals surface area contributed by atoms with Crippen LogP contribution in [0.15, 0.2) is 0 Å². The summed E-state index contributed by atoms with van der Waals surface area (Å²) in [5, 5.41) is 5.30. The van der Waals surface area contributed by atoms with E-state index in [4.69, 9.17) is 11.6 Å². The van der Waals surface area contributed by atoms with Crippen LogP contribution in [0.2, 0.25) is 5.02 Å². The minimum Gasteiger partial charge on any atom is -0.299 e. The fourth-order valence-electron chi connectivity index (χ4n) is 2.30. The molecule has 0 spiro atoms. The van der Waals surface area contributed by atoms with Gasteiger partial charge in [0.05, 0.1) is 16.4 Å². The second-order valence-corrected chi connectivity index (χ2v) is 5.35. The summed E-state index contributed by atoms with van der Waals surface area (Å²) >= 11 is 6.33. The van der Waals surface area contributed by atoms with E-state index in [1.807, 2.05) is 4.68 Å². The Kier molecular flexibility index (Phi) is 4.44. The molecule has 1 aromatic rings. The quantitative estimate of drug-likeness (QED) is 0.759. The van der Waals surface area contributed by atoms with Gasteiger partial charge in [-0.1, -0.05) is 18.5 Å². The van der Waals surface area contributed by atoms with Gasteiger partial charge in [0.15, 0.2) is 0 Å². The SMILES string of the molecule is CCc1nn(CC)c(CCCC(=O)C2CC2)c1Cl. The molecule has 2 rings (SSSR count). The molecule has 0 aliphatic heterocycles. The van der Waals surface area contributed by atoms with Crippen LogP contribution >= 0.6 is 11.6 Å². The van der Waals surface area contributed by atoms with E-state index in [1.165, 1.54) is 0 Å². The van der Waals surface area contributed by atoms with E-state index in [0.717, 1.165) is 55.1 Å². The maximum absolute atomic E-state index is 11.6.